The Kier molecular flexibility index (Phi) is 21.4. The molecule has 0 aliphatic rings. The monoisotopic (exact) mass is 751 g/mol. The minimum Gasteiger partial charge on any atom is -0.870 e. The van der Waals surface area contributed by atoms with Crippen LogP contribution in [0.25, 0.3) is 0 Å². The second-order valence-corrected chi connectivity index (χ2v) is 9.19. The smallest absolute Gasteiger partial charge is 0.870 e. The zero-order chi connectivity index (χ0) is 28.5. The summed E-state index contributed by atoms with van der Waals surface area (Å²) in [5, 5.41) is 9.42. The zero-order valence-electron chi connectivity index (χ0n) is 21.5. The summed E-state index contributed by atoms with van der Waals surface area (Å²) in [6, 6.07) is 22.8. The normalized spacial score (nSPS) is 9.38. The molecule has 2 N–H and O–H groups in total. The van der Waals surface area contributed by atoms with Crippen LogP contribution in [-0.4, -0.2) is 17.7 Å². The minimum atomic E-state index is -1.20. The van der Waals surface area contributed by atoms with Crippen LogP contribution in [0.15, 0.2) is 93.9 Å². The standard InChI is InChI=1S/C13H9BrF2O.C7H6Br2.C6H4F2O.CH3F.Na.H2O/c14-10-6-4-9(5-7-10)8-17-12-3-1-2-11(15)13(12)16;8-5-6-1-3-7(9)4-2-6;7-4-2-1-3-5(9)6(4)8;1-2;;/h1-7H,8H2;1-4H,5H2;1-3,9H;1H3;;1H2/q;;;;+1;/p-1/i;;;1D;;. The van der Waals surface area contributed by atoms with E-state index < -0.39 is 36.2 Å². The molecule has 0 saturated carbocycles. The molecule has 0 heterocycles. The molecule has 39 heavy (non-hydrogen) atoms. The van der Waals surface area contributed by atoms with Gasteiger partial charge in [-0.1, -0.05) is 84.2 Å². The molecule has 0 unspecified atom stereocenters. The van der Waals surface area contributed by atoms with Crippen molar-refractivity contribution in [1.29, 1.82) is 0 Å². The first-order valence-electron chi connectivity index (χ1n) is 10.9. The van der Waals surface area contributed by atoms with E-state index in [1.165, 1.54) is 23.8 Å². The number of aromatic hydroxyl groups is 1. The quantitative estimate of drug-likeness (QED) is 0.143. The molecule has 3 nitrogen and oxygen atoms in total. The van der Waals surface area contributed by atoms with Crippen LogP contribution < -0.4 is 34.3 Å². The third kappa shape index (κ3) is 15.2. The maximum absolute atomic E-state index is 13.3. The van der Waals surface area contributed by atoms with Crippen molar-refractivity contribution in [1.82, 2.24) is 0 Å². The molecule has 4 aromatic carbocycles. The number of hydrogen-bond donors (Lipinski definition) is 1. The number of alkyl halides is 2. The summed E-state index contributed by atoms with van der Waals surface area (Å²) in [6.07, 6.45) is 0. The fourth-order valence-corrected chi connectivity index (χ4v) is 3.31. The van der Waals surface area contributed by atoms with Gasteiger partial charge in [-0.05, 0) is 59.7 Å². The number of rotatable bonds is 4. The van der Waals surface area contributed by atoms with Gasteiger partial charge in [-0.15, -0.1) is 0 Å². The Morgan fingerprint density at radius 1 is 0.744 bits per heavy atom. The molecule has 0 aliphatic heterocycles. The second-order valence-electron chi connectivity index (χ2n) is 6.80. The van der Waals surface area contributed by atoms with Crippen molar-refractivity contribution >= 4 is 47.8 Å². The van der Waals surface area contributed by atoms with Crippen LogP contribution in [0.3, 0.4) is 0 Å². The average Bonchev–Trinajstić information content (AvgIpc) is 2.91. The maximum Gasteiger partial charge on any atom is 1.00 e. The van der Waals surface area contributed by atoms with Crippen LogP contribution in [0.1, 0.15) is 12.5 Å². The molecule has 0 radical (unpaired) electrons. The molecule has 0 spiro atoms. The van der Waals surface area contributed by atoms with E-state index in [1.54, 1.807) is 0 Å². The van der Waals surface area contributed by atoms with Crippen LogP contribution in [-0.2, 0) is 11.9 Å². The molecule has 4 aromatic rings. The first-order chi connectivity index (χ1) is 18.1. The summed E-state index contributed by atoms with van der Waals surface area (Å²) in [6.45, 7) is 0.202. The number of benzene rings is 4. The maximum atomic E-state index is 13.3. The van der Waals surface area contributed by atoms with Gasteiger partial charge in [-0.25, -0.2) is 8.78 Å². The molecular weight excluding hydrogens is 730 g/mol. The van der Waals surface area contributed by atoms with Crippen molar-refractivity contribution in [2.24, 2.45) is 0 Å². The van der Waals surface area contributed by atoms with Crippen molar-refractivity contribution < 1.29 is 68.2 Å². The van der Waals surface area contributed by atoms with Crippen LogP contribution in [0.2, 0.25) is 0 Å². The predicted octanol–water partition coefficient (Wildman–Crippen LogP) is 6.73. The molecule has 0 fully saturated rings. The summed E-state index contributed by atoms with van der Waals surface area (Å²) in [7, 11) is -1.00. The van der Waals surface area contributed by atoms with Gasteiger partial charge in [0, 0.05) is 14.3 Å². The Labute approximate surface area is 272 Å². The van der Waals surface area contributed by atoms with Crippen LogP contribution in [0.4, 0.5) is 22.0 Å². The fourth-order valence-electron chi connectivity index (χ4n) is 2.40. The number of ether oxygens (including phenoxy) is 1. The number of phenolic OH excluding ortho intramolecular Hbond substituents is 1. The van der Waals surface area contributed by atoms with E-state index in [-0.39, 0.29) is 47.4 Å². The molecule has 4 rings (SSSR count). The molecule has 0 amide bonds. The van der Waals surface area contributed by atoms with E-state index in [0.29, 0.717) is 0 Å². The first-order valence-corrected chi connectivity index (χ1v) is 12.9. The Morgan fingerprint density at radius 2 is 1.18 bits per heavy atom. The third-order valence-electron chi connectivity index (χ3n) is 4.22. The van der Waals surface area contributed by atoms with Crippen molar-refractivity contribution in [3.8, 4) is 11.5 Å². The van der Waals surface area contributed by atoms with E-state index in [2.05, 4.69) is 59.9 Å². The van der Waals surface area contributed by atoms with Gasteiger partial charge in [0.2, 0.25) is 5.82 Å². The summed E-state index contributed by atoms with van der Waals surface area (Å²) in [5.41, 5.74) is 2.19. The SMILES string of the molecule is BrCc1ccc(Br)cc1.Fc1cccc(OCc2ccc(Br)cc2)c1F.Oc1cccc(F)c1F.[2H]CF.[Na+].[OH-]. The van der Waals surface area contributed by atoms with E-state index in [1.807, 2.05) is 36.4 Å². The summed E-state index contributed by atoms with van der Waals surface area (Å²) in [5.74, 6) is -4.82. The summed E-state index contributed by atoms with van der Waals surface area (Å²) >= 11 is 10.0. The van der Waals surface area contributed by atoms with E-state index in [4.69, 9.17) is 11.2 Å². The first kappa shape index (κ1) is 37.5. The van der Waals surface area contributed by atoms with Crippen molar-refractivity contribution in [3.63, 3.8) is 0 Å². The zero-order valence-corrected chi connectivity index (χ0v) is 27.3. The van der Waals surface area contributed by atoms with Crippen LogP contribution in [0.5, 0.6) is 11.5 Å². The molecule has 0 aliphatic carbocycles. The Hall–Kier alpha value is -1.47. The number of phenols is 1. The summed E-state index contributed by atoms with van der Waals surface area (Å²) < 4.78 is 73.1. The van der Waals surface area contributed by atoms with E-state index in [0.717, 1.165) is 38.0 Å². The van der Waals surface area contributed by atoms with Crippen molar-refractivity contribution in [2.45, 2.75) is 11.9 Å². The van der Waals surface area contributed by atoms with Crippen LogP contribution in [0, 0.1) is 23.3 Å². The molecular formula is C27H23Br3F5NaO3. The van der Waals surface area contributed by atoms with E-state index in [9.17, 15) is 22.0 Å². The molecule has 0 saturated heterocycles. The molecule has 0 atom stereocenters. The van der Waals surface area contributed by atoms with Gasteiger partial charge in [0.15, 0.2) is 29.0 Å². The van der Waals surface area contributed by atoms with Gasteiger partial charge in [0.25, 0.3) is 0 Å². The van der Waals surface area contributed by atoms with E-state index >= 15 is 0 Å². The third-order valence-corrected chi connectivity index (χ3v) is 5.93. The molecule has 0 bridgehead atoms. The van der Waals surface area contributed by atoms with Gasteiger partial charge in [-0.2, -0.15) is 8.78 Å². The Bertz CT molecular complexity index is 1220. The Morgan fingerprint density at radius 3 is 1.62 bits per heavy atom. The molecule has 0 aromatic heterocycles. The number of halogens is 8. The van der Waals surface area contributed by atoms with Gasteiger partial charge in [0.05, 0.1) is 8.52 Å². The summed E-state index contributed by atoms with van der Waals surface area (Å²) in [4.78, 5) is 0. The largest absolute Gasteiger partial charge is 1.00 e. The molecule has 12 heteroatoms. The minimum absolute atomic E-state index is 0. The van der Waals surface area contributed by atoms with Gasteiger partial charge < -0.3 is 15.3 Å². The number of hydrogen-bond acceptors (Lipinski definition) is 3. The Balaban J connectivity index is 0. The van der Waals surface area contributed by atoms with Gasteiger partial charge in [-0.3, -0.25) is 4.39 Å². The molecule has 206 valence electrons. The van der Waals surface area contributed by atoms with Crippen LogP contribution >= 0.6 is 47.8 Å². The predicted molar refractivity (Wildman–Crippen MR) is 149 cm³/mol. The topological polar surface area (TPSA) is 59.5 Å². The van der Waals surface area contributed by atoms with Crippen molar-refractivity contribution in [3.05, 3.63) is 128 Å². The van der Waals surface area contributed by atoms with Gasteiger partial charge in [0.1, 0.15) is 6.61 Å². The second kappa shape index (κ2) is 22.2. The average molecular weight is 754 g/mol. The van der Waals surface area contributed by atoms with Crippen molar-refractivity contribution in [2.75, 3.05) is 7.15 Å². The van der Waals surface area contributed by atoms with Gasteiger partial charge >= 0.3 is 29.6 Å². The fraction of sp³-hybridized carbons (Fsp3) is 0.111.